The molecule has 1 aliphatic rings. The minimum atomic E-state index is 1.04. The molecule has 0 atom stereocenters. The largest absolute Gasteiger partial charge is 0.299 e. The first-order valence-corrected chi connectivity index (χ1v) is 7.64. The van der Waals surface area contributed by atoms with E-state index < -0.39 is 0 Å². The molecule has 1 nitrogen and oxygen atoms in total. The quantitative estimate of drug-likeness (QED) is 0.684. The molecular weight excluding hydrogens is 218 g/mol. The van der Waals surface area contributed by atoms with E-state index in [1.807, 2.05) is 0 Å². The Morgan fingerprint density at radius 3 is 2.50 bits per heavy atom. The molecular formula is C17H27N. The predicted octanol–water partition coefficient (Wildman–Crippen LogP) is 4.48. The second-order valence-corrected chi connectivity index (χ2v) is 5.65. The first-order valence-electron chi connectivity index (χ1n) is 7.64. The van der Waals surface area contributed by atoms with Crippen LogP contribution < -0.4 is 0 Å². The van der Waals surface area contributed by atoms with Crippen LogP contribution in [0.3, 0.4) is 0 Å². The Balaban J connectivity index is 1.68. The Labute approximate surface area is 112 Å². The lowest BCUT2D eigenvalue weighted by Crippen LogP contribution is -2.24. The lowest BCUT2D eigenvalue weighted by atomic mass is 10.0. The zero-order valence-electron chi connectivity index (χ0n) is 11.8. The Morgan fingerprint density at radius 1 is 1.11 bits per heavy atom. The van der Waals surface area contributed by atoms with Crippen LogP contribution in [0.4, 0.5) is 0 Å². The molecule has 0 radical (unpaired) electrons. The minimum Gasteiger partial charge on any atom is -0.299 e. The maximum absolute atomic E-state index is 2.57. The van der Waals surface area contributed by atoms with E-state index in [1.54, 1.807) is 0 Å². The zero-order valence-corrected chi connectivity index (χ0v) is 11.8. The smallest absolute Gasteiger partial charge is 0.0233 e. The summed E-state index contributed by atoms with van der Waals surface area (Å²) in [5.41, 5.74) is 1.44. The maximum Gasteiger partial charge on any atom is 0.0233 e. The summed E-state index contributed by atoms with van der Waals surface area (Å²) in [5.74, 6) is 1.04. The molecule has 1 fully saturated rings. The van der Waals surface area contributed by atoms with Gasteiger partial charge in [-0.05, 0) is 37.4 Å². The van der Waals surface area contributed by atoms with Gasteiger partial charge in [-0.3, -0.25) is 4.90 Å². The van der Waals surface area contributed by atoms with Gasteiger partial charge in [0.2, 0.25) is 0 Å². The van der Waals surface area contributed by atoms with Gasteiger partial charge in [0.05, 0.1) is 0 Å². The maximum atomic E-state index is 2.57. The van der Waals surface area contributed by atoms with Crippen LogP contribution in [0, 0.1) is 5.92 Å². The van der Waals surface area contributed by atoms with Gasteiger partial charge in [-0.1, -0.05) is 62.9 Å². The molecule has 0 spiro atoms. The number of rotatable bonds is 7. The first kappa shape index (κ1) is 13.6. The average molecular weight is 245 g/mol. The Morgan fingerprint density at radius 2 is 1.83 bits per heavy atom. The van der Waals surface area contributed by atoms with Gasteiger partial charge in [0.15, 0.2) is 0 Å². The molecule has 1 aliphatic carbocycles. The Hall–Kier alpha value is -0.820. The number of hydrogen-bond donors (Lipinski definition) is 0. The van der Waals surface area contributed by atoms with Crippen molar-refractivity contribution in [2.45, 2.75) is 52.0 Å². The van der Waals surface area contributed by atoms with Crippen molar-refractivity contribution < 1.29 is 0 Å². The van der Waals surface area contributed by atoms with E-state index in [4.69, 9.17) is 0 Å². The summed E-state index contributed by atoms with van der Waals surface area (Å²) in [5, 5.41) is 0. The molecule has 0 unspecified atom stereocenters. The van der Waals surface area contributed by atoms with Crippen molar-refractivity contribution in [3.63, 3.8) is 0 Å². The summed E-state index contributed by atoms with van der Waals surface area (Å²) in [4.78, 5) is 2.57. The fraction of sp³-hybridized carbons (Fsp3) is 0.647. The predicted molar refractivity (Wildman–Crippen MR) is 78.6 cm³/mol. The van der Waals surface area contributed by atoms with Crippen LogP contribution >= 0.6 is 0 Å². The Bertz CT molecular complexity index is 314. The summed E-state index contributed by atoms with van der Waals surface area (Å²) in [6, 6.07) is 10.8. The molecule has 0 aromatic heterocycles. The molecule has 0 saturated heterocycles. The van der Waals surface area contributed by atoms with E-state index in [0.717, 1.165) is 12.5 Å². The van der Waals surface area contributed by atoms with Gasteiger partial charge < -0.3 is 0 Å². The van der Waals surface area contributed by atoms with Crippen molar-refractivity contribution in [2.24, 2.45) is 5.92 Å². The van der Waals surface area contributed by atoms with Crippen LogP contribution in [-0.4, -0.2) is 18.0 Å². The van der Waals surface area contributed by atoms with Crippen LogP contribution in [0.2, 0.25) is 0 Å². The zero-order chi connectivity index (χ0) is 12.6. The van der Waals surface area contributed by atoms with E-state index in [9.17, 15) is 0 Å². The third-order valence-electron chi connectivity index (χ3n) is 4.26. The van der Waals surface area contributed by atoms with E-state index in [2.05, 4.69) is 42.2 Å². The molecule has 18 heavy (non-hydrogen) atoms. The van der Waals surface area contributed by atoms with Crippen molar-refractivity contribution in [2.75, 3.05) is 13.1 Å². The molecule has 100 valence electrons. The molecule has 1 aromatic rings. The van der Waals surface area contributed by atoms with Crippen molar-refractivity contribution in [1.29, 1.82) is 0 Å². The van der Waals surface area contributed by atoms with Gasteiger partial charge in [-0.15, -0.1) is 0 Å². The van der Waals surface area contributed by atoms with E-state index in [-0.39, 0.29) is 0 Å². The van der Waals surface area contributed by atoms with Gasteiger partial charge >= 0.3 is 0 Å². The molecule has 1 saturated carbocycles. The van der Waals surface area contributed by atoms with Gasteiger partial charge in [0.1, 0.15) is 0 Å². The number of hydrogen-bond acceptors (Lipinski definition) is 1. The molecule has 0 bridgehead atoms. The second-order valence-electron chi connectivity index (χ2n) is 5.65. The van der Waals surface area contributed by atoms with Crippen LogP contribution in [0.25, 0.3) is 0 Å². The van der Waals surface area contributed by atoms with Gasteiger partial charge in [-0.2, -0.15) is 0 Å². The lowest BCUT2D eigenvalue weighted by molar-refractivity contribution is 0.265. The fourth-order valence-electron chi connectivity index (χ4n) is 3.09. The fourth-order valence-corrected chi connectivity index (χ4v) is 3.09. The third kappa shape index (κ3) is 4.45. The van der Waals surface area contributed by atoms with E-state index in [1.165, 1.54) is 57.2 Å². The first-order chi connectivity index (χ1) is 8.88. The molecule has 2 rings (SSSR count). The van der Waals surface area contributed by atoms with Crippen LogP contribution in [0.5, 0.6) is 0 Å². The molecule has 1 heteroatoms. The second kappa shape index (κ2) is 7.58. The highest BCUT2D eigenvalue weighted by Crippen LogP contribution is 2.28. The summed E-state index contributed by atoms with van der Waals surface area (Å²) < 4.78 is 0. The van der Waals surface area contributed by atoms with Crippen molar-refractivity contribution in [1.82, 2.24) is 4.90 Å². The molecule has 0 N–H and O–H groups in total. The highest BCUT2D eigenvalue weighted by Gasteiger charge is 2.14. The highest BCUT2D eigenvalue weighted by atomic mass is 15.1. The number of nitrogens with zero attached hydrogens (tertiary/aromatic N) is 1. The van der Waals surface area contributed by atoms with Crippen LogP contribution in [0.15, 0.2) is 30.3 Å². The molecule has 1 aromatic carbocycles. The van der Waals surface area contributed by atoms with Crippen LogP contribution in [-0.2, 0) is 6.54 Å². The van der Waals surface area contributed by atoms with E-state index >= 15 is 0 Å². The molecule has 0 amide bonds. The van der Waals surface area contributed by atoms with Gasteiger partial charge in [-0.25, -0.2) is 0 Å². The van der Waals surface area contributed by atoms with Crippen molar-refractivity contribution in [3.8, 4) is 0 Å². The average Bonchev–Trinajstić information content (AvgIpc) is 2.92. The van der Waals surface area contributed by atoms with Crippen molar-refractivity contribution in [3.05, 3.63) is 35.9 Å². The Kier molecular flexibility index (Phi) is 5.73. The molecule has 0 aliphatic heterocycles. The van der Waals surface area contributed by atoms with E-state index in [0.29, 0.717) is 0 Å². The summed E-state index contributed by atoms with van der Waals surface area (Å²) >= 11 is 0. The highest BCUT2D eigenvalue weighted by molar-refractivity contribution is 5.14. The van der Waals surface area contributed by atoms with Crippen LogP contribution in [0.1, 0.15) is 51.0 Å². The monoisotopic (exact) mass is 245 g/mol. The SMILES string of the molecule is CCN(CCCC1CCCC1)Cc1ccccc1. The summed E-state index contributed by atoms with van der Waals surface area (Å²) in [6.45, 7) is 5.82. The lowest BCUT2D eigenvalue weighted by Gasteiger charge is -2.21. The minimum absolute atomic E-state index is 1.04. The topological polar surface area (TPSA) is 3.24 Å². The molecule has 0 heterocycles. The standard InChI is InChI=1S/C17H27N/c1-2-18(15-17-11-4-3-5-12-17)14-8-13-16-9-6-7-10-16/h3-5,11-12,16H,2,6-10,13-15H2,1H3. The van der Waals surface area contributed by atoms with Gasteiger partial charge in [0.25, 0.3) is 0 Å². The normalized spacial score (nSPS) is 16.6. The number of benzene rings is 1. The third-order valence-corrected chi connectivity index (χ3v) is 4.26. The van der Waals surface area contributed by atoms with Crippen molar-refractivity contribution >= 4 is 0 Å². The summed E-state index contributed by atoms with van der Waals surface area (Å²) in [6.07, 6.45) is 8.77. The van der Waals surface area contributed by atoms with Gasteiger partial charge in [0, 0.05) is 6.54 Å². The summed E-state index contributed by atoms with van der Waals surface area (Å²) in [7, 11) is 0.